The van der Waals surface area contributed by atoms with Crippen molar-refractivity contribution in [2.75, 3.05) is 0 Å². The summed E-state index contributed by atoms with van der Waals surface area (Å²) in [5.74, 6) is -1.26. The summed E-state index contributed by atoms with van der Waals surface area (Å²) in [5, 5.41) is 11.4. The molecule has 2 atom stereocenters. The van der Waals surface area contributed by atoms with Gasteiger partial charge in [-0.25, -0.2) is 4.79 Å². The third kappa shape index (κ3) is 4.58. The van der Waals surface area contributed by atoms with Gasteiger partial charge in [0.05, 0.1) is 6.16 Å². The van der Waals surface area contributed by atoms with Crippen LogP contribution in [-0.2, 0) is 26.5 Å². The number of hydrogen-bond donors (Lipinski definition) is 2. The van der Waals surface area contributed by atoms with Gasteiger partial charge in [-0.15, -0.1) is 0 Å². The number of benzene rings is 3. The normalized spacial score (nSPS) is 14.7. The Morgan fingerprint density at radius 2 is 1.62 bits per heavy atom. The van der Waals surface area contributed by atoms with E-state index in [0.29, 0.717) is 5.56 Å². The van der Waals surface area contributed by atoms with Crippen LogP contribution < -0.4 is 0 Å². The summed E-state index contributed by atoms with van der Waals surface area (Å²) in [6, 6.07) is 21.9. The molecular formula is C20H19O5P. The molecule has 0 heterocycles. The van der Waals surface area contributed by atoms with E-state index >= 15 is 0 Å². The lowest BCUT2D eigenvalue weighted by atomic mass is 10.00. The molecule has 0 amide bonds. The molecule has 5 nitrogen and oxygen atoms in total. The SMILES string of the molecule is O=C(O)C(Cc1cccc2ccccc12)OP(=O)(O)Cc1ccccc1. The summed E-state index contributed by atoms with van der Waals surface area (Å²) >= 11 is 0. The number of aliphatic carboxylic acids is 1. The summed E-state index contributed by atoms with van der Waals surface area (Å²) in [4.78, 5) is 21.8. The van der Waals surface area contributed by atoms with Crippen LogP contribution in [0.25, 0.3) is 10.8 Å². The first-order chi connectivity index (χ1) is 12.4. The van der Waals surface area contributed by atoms with Crippen LogP contribution in [0.5, 0.6) is 0 Å². The first-order valence-corrected chi connectivity index (χ1v) is 9.94. The van der Waals surface area contributed by atoms with Crippen molar-refractivity contribution < 1.29 is 23.9 Å². The zero-order chi connectivity index (χ0) is 18.6. The van der Waals surface area contributed by atoms with Crippen molar-refractivity contribution in [3.63, 3.8) is 0 Å². The molecule has 0 radical (unpaired) electrons. The number of carboxylic acid groups (broad SMARTS) is 1. The average molecular weight is 370 g/mol. The average Bonchev–Trinajstić information content (AvgIpc) is 2.61. The number of fused-ring (bicyclic) bond motifs is 1. The molecule has 0 aliphatic heterocycles. The molecule has 0 fully saturated rings. The second kappa shape index (κ2) is 7.83. The quantitative estimate of drug-likeness (QED) is 0.608. The molecule has 2 unspecified atom stereocenters. The fraction of sp³-hybridized carbons (Fsp3) is 0.150. The lowest BCUT2D eigenvalue weighted by molar-refractivity contribution is -0.145. The van der Waals surface area contributed by atoms with E-state index in [2.05, 4.69) is 0 Å². The van der Waals surface area contributed by atoms with Crippen LogP contribution in [0, 0.1) is 0 Å². The number of rotatable bonds is 7. The minimum absolute atomic E-state index is 0.00995. The Kier molecular flexibility index (Phi) is 5.52. The molecule has 3 aromatic rings. The zero-order valence-electron chi connectivity index (χ0n) is 14.0. The van der Waals surface area contributed by atoms with Gasteiger partial charge in [0.15, 0.2) is 6.10 Å². The van der Waals surface area contributed by atoms with E-state index in [9.17, 15) is 19.4 Å². The minimum atomic E-state index is -4.10. The van der Waals surface area contributed by atoms with Crippen LogP contribution in [-0.4, -0.2) is 22.1 Å². The number of carbonyl (C=O) groups is 1. The van der Waals surface area contributed by atoms with Crippen LogP contribution in [0.4, 0.5) is 0 Å². The van der Waals surface area contributed by atoms with Crippen molar-refractivity contribution in [3.05, 3.63) is 83.9 Å². The molecule has 0 bridgehead atoms. The van der Waals surface area contributed by atoms with Crippen molar-refractivity contribution in [2.24, 2.45) is 0 Å². The van der Waals surface area contributed by atoms with Gasteiger partial charge in [-0.1, -0.05) is 72.8 Å². The first kappa shape index (κ1) is 18.3. The van der Waals surface area contributed by atoms with Gasteiger partial charge in [0, 0.05) is 6.42 Å². The van der Waals surface area contributed by atoms with Crippen LogP contribution in [0.15, 0.2) is 72.8 Å². The molecule has 3 aromatic carbocycles. The van der Waals surface area contributed by atoms with E-state index < -0.39 is 19.7 Å². The van der Waals surface area contributed by atoms with Crippen molar-refractivity contribution in [2.45, 2.75) is 18.7 Å². The number of hydrogen-bond acceptors (Lipinski definition) is 3. The van der Waals surface area contributed by atoms with E-state index in [1.807, 2.05) is 36.4 Å². The molecule has 0 aliphatic carbocycles. The predicted octanol–water partition coefficient (Wildman–Crippen LogP) is 4.24. The van der Waals surface area contributed by atoms with Crippen molar-refractivity contribution in [1.29, 1.82) is 0 Å². The van der Waals surface area contributed by atoms with Gasteiger partial charge in [-0.2, -0.15) is 0 Å². The second-order valence-electron chi connectivity index (χ2n) is 6.06. The maximum Gasteiger partial charge on any atom is 0.333 e. The molecule has 0 saturated heterocycles. The molecule has 0 spiro atoms. The highest BCUT2D eigenvalue weighted by atomic mass is 31.2. The third-order valence-electron chi connectivity index (χ3n) is 4.08. The molecule has 2 N–H and O–H groups in total. The van der Waals surface area contributed by atoms with Crippen LogP contribution in [0.3, 0.4) is 0 Å². The lowest BCUT2D eigenvalue weighted by Gasteiger charge is -2.19. The molecular weight excluding hydrogens is 351 g/mol. The second-order valence-corrected chi connectivity index (χ2v) is 7.86. The van der Waals surface area contributed by atoms with Crippen molar-refractivity contribution in [1.82, 2.24) is 0 Å². The van der Waals surface area contributed by atoms with Crippen LogP contribution >= 0.6 is 7.60 Å². The predicted molar refractivity (Wildman–Crippen MR) is 100 cm³/mol. The Hall–Kier alpha value is -2.46. The van der Waals surface area contributed by atoms with Gasteiger partial charge in [0.2, 0.25) is 0 Å². The van der Waals surface area contributed by atoms with Crippen LogP contribution in [0.1, 0.15) is 11.1 Å². The molecule has 0 saturated carbocycles. The molecule has 134 valence electrons. The highest BCUT2D eigenvalue weighted by Crippen LogP contribution is 2.47. The van der Waals surface area contributed by atoms with Crippen LogP contribution in [0.2, 0.25) is 0 Å². The van der Waals surface area contributed by atoms with E-state index in [-0.39, 0.29) is 12.6 Å². The zero-order valence-corrected chi connectivity index (χ0v) is 14.9. The van der Waals surface area contributed by atoms with E-state index in [4.69, 9.17) is 4.52 Å². The third-order valence-corrected chi connectivity index (χ3v) is 5.43. The summed E-state index contributed by atoms with van der Waals surface area (Å²) < 4.78 is 17.6. The highest BCUT2D eigenvalue weighted by molar-refractivity contribution is 7.52. The summed E-state index contributed by atoms with van der Waals surface area (Å²) in [7, 11) is -4.10. The Morgan fingerprint density at radius 1 is 0.962 bits per heavy atom. The first-order valence-electron chi connectivity index (χ1n) is 8.18. The highest BCUT2D eigenvalue weighted by Gasteiger charge is 2.30. The Bertz CT molecular complexity index is 949. The topological polar surface area (TPSA) is 83.8 Å². The van der Waals surface area contributed by atoms with Gasteiger partial charge in [0.25, 0.3) is 0 Å². The Morgan fingerprint density at radius 3 is 2.35 bits per heavy atom. The standard InChI is InChI=1S/C20H19O5P/c21-20(22)19(25-26(23,24)14-15-7-2-1-3-8-15)13-17-11-6-10-16-9-4-5-12-18(16)17/h1-12,19H,13-14H2,(H,21,22)(H,23,24). The van der Waals surface area contributed by atoms with Crippen molar-refractivity contribution in [3.8, 4) is 0 Å². The fourth-order valence-electron chi connectivity index (χ4n) is 2.89. The molecule has 3 rings (SSSR count). The Labute approximate surface area is 151 Å². The van der Waals surface area contributed by atoms with E-state index in [1.165, 1.54) is 0 Å². The maximum absolute atomic E-state index is 12.4. The van der Waals surface area contributed by atoms with Gasteiger partial charge in [0.1, 0.15) is 0 Å². The Balaban J connectivity index is 1.81. The monoisotopic (exact) mass is 370 g/mol. The van der Waals surface area contributed by atoms with Gasteiger partial charge < -0.3 is 10.00 Å². The largest absolute Gasteiger partial charge is 0.479 e. The van der Waals surface area contributed by atoms with E-state index in [0.717, 1.165) is 16.3 Å². The fourth-order valence-corrected chi connectivity index (χ4v) is 4.20. The molecule has 6 heteroatoms. The van der Waals surface area contributed by atoms with Crippen molar-refractivity contribution >= 4 is 24.3 Å². The minimum Gasteiger partial charge on any atom is -0.479 e. The molecule has 0 aliphatic rings. The van der Waals surface area contributed by atoms with Gasteiger partial charge in [-0.05, 0) is 21.9 Å². The van der Waals surface area contributed by atoms with Gasteiger partial charge in [-0.3, -0.25) is 9.09 Å². The lowest BCUT2D eigenvalue weighted by Crippen LogP contribution is -2.25. The summed E-state index contributed by atoms with van der Waals surface area (Å²) in [6.07, 6.45) is -1.62. The summed E-state index contributed by atoms with van der Waals surface area (Å²) in [5.41, 5.74) is 1.38. The smallest absolute Gasteiger partial charge is 0.333 e. The molecule has 26 heavy (non-hydrogen) atoms. The molecule has 0 aromatic heterocycles. The maximum atomic E-state index is 12.4. The van der Waals surface area contributed by atoms with Gasteiger partial charge >= 0.3 is 13.6 Å². The summed E-state index contributed by atoms with van der Waals surface area (Å²) in [6.45, 7) is 0. The van der Waals surface area contributed by atoms with E-state index in [1.54, 1.807) is 36.4 Å². The number of carboxylic acids is 1.